The van der Waals surface area contributed by atoms with Gasteiger partial charge in [0.25, 0.3) is 5.91 Å². The minimum absolute atomic E-state index is 0.00741. The van der Waals surface area contributed by atoms with Gasteiger partial charge in [0.05, 0.1) is 29.1 Å². The van der Waals surface area contributed by atoms with Gasteiger partial charge in [-0.3, -0.25) is 14.4 Å². The zero-order valence-corrected chi connectivity index (χ0v) is 36.7. The Bertz CT molecular complexity index is 2420. The highest BCUT2D eigenvalue weighted by Crippen LogP contribution is 2.52. The van der Waals surface area contributed by atoms with Gasteiger partial charge in [0.2, 0.25) is 11.8 Å². The molecule has 3 aliphatic rings. The number of halogens is 4. The summed E-state index contributed by atoms with van der Waals surface area (Å²) in [7, 11) is 1.23. The van der Waals surface area contributed by atoms with E-state index in [1.807, 2.05) is 38.7 Å². The standard InChI is InChI=1S/C45H50ClF3N8O6/c1-24(2)38(54-43(61)62-7)42(60)57-22-25(3)16-35(57)39-51-21-34(52-39)28-10-8-27(9-11-28)30-17-32(46)33(18-36(30)63-45(47,48)49)53-40(58)29-12-13-37(50-20-29)56-15-14-55(23-26(56)4)41(59)31-19-44(31,5)6/h8-13,16-18,20-21,24,26,31,35,38H,14-15,19,22-23H2,1-7H3,(H,51,52)(H,53,58)(H,54,61)/t26-,31?,35+,38-/m0/s1. The van der Waals surface area contributed by atoms with E-state index in [1.165, 1.54) is 19.4 Å². The van der Waals surface area contributed by atoms with Gasteiger partial charge in [-0.2, -0.15) is 0 Å². The monoisotopic (exact) mass is 890 g/mol. The van der Waals surface area contributed by atoms with Crippen LogP contribution >= 0.6 is 11.6 Å². The van der Waals surface area contributed by atoms with Crippen LogP contribution in [0.25, 0.3) is 22.4 Å². The topological polar surface area (TPSA) is 162 Å². The van der Waals surface area contributed by atoms with Gasteiger partial charge in [-0.1, -0.05) is 75.2 Å². The van der Waals surface area contributed by atoms with Crippen LogP contribution in [0, 0.1) is 17.3 Å². The van der Waals surface area contributed by atoms with E-state index in [1.54, 1.807) is 47.5 Å². The van der Waals surface area contributed by atoms with Crippen LogP contribution < -0.4 is 20.3 Å². The molecule has 4 aromatic rings. The highest BCUT2D eigenvalue weighted by molar-refractivity contribution is 6.34. The second-order valence-electron chi connectivity index (χ2n) is 17.3. The first-order valence-corrected chi connectivity index (χ1v) is 21.0. The third-order valence-electron chi connectivity index (χ3n) is 11.8. The molecule has 1 unspecified atom stereocenters. The lowest BCUT2D eigenvalue weighted by Gasteiger charge is -2.40. The number of benzene rings is 2. The molecule has 7 rings (SSSR count). The summed E-state index contributed by atoms with van der Waals surface area (Å²) in [6.45, 7) is 13.8. The van der Waals surface area contributed by atoms with Crippen molar-refractivity contribution in [3.8, 4) is 28.1 Å². The van der Waals surface area contributed by atoms with Gasteiger partial charge in [-0.25, -0.2) is 14.8 Å². The molecule has 0 radical (unpaired) electrons. The number of pyridine rings is 1. The van der Waals surface area contributed by atoms with Gasteiger partial charge < -0.3 is 39.8 Å². The van der Waals surface area contributed by atoms with E-state index >= 15 is 0 Å². The average molecular weight is 891 g/mol. The number of ether oxygens (including phenoxy) is 2. The Balaban J connectivity index is 1.04. The number of hydrogen-bond donors (Lipinski definition) is 3. The lowest BCUT2D eigenvalue weighted by molar-refractivity contribution is -0.274. The SMILES string of the molecule is COC(=O)N[C@H](C(=O)N1CC(C)=C[C@@H]1c1nc(-c2ccc(-c3cc(Cl)c(NC(=O)c4ccc(N5CCN(C(=O)C6CC6(C)C)C[C@@H]5C)nc4)cc3OC(F)(F)F)cc2)c[nH]1)C(C)C. The summed E-state index contributed by atoms with van der Waals surface area (Å²) in [4.78, 5) is 70.0. The number of imidazole rings is 1. The maximum absolute atomic E-state index is 13.8. The van der Waals surface area contributed by atoms with E-state index in [2.05, 4.69) is 44.1 Å². The van der Waals surface area contributed by atoms with E-state index < -0.39 is 36.2 Å². The number of hydrogen-bond acceptors (Lipinski definition) is 9. The zero-order chi connectivity index (χ0) is 45.5. The number of nitrogens with zero attached hydrogens (tertiary/aromatic N) is 5. The molecule has 18 heteroatoms. The van der Waals surface area contributed by atoms with E-state index in [4.69, 9.17) is 21.3 Å². The highest BCUT2D eigenvalue weighted by atomic mass is 35.5. The Morgan fingerprint density at radius 2 is 1.73 bits per heavy atom. The van der Waals surface area contributed by atoms with Crippen LogP contribution in [0.15, 0.2) is 72.6 Å². The molecule has 2 aromatic carbocycles. The van der Waals surface area contributed by atoms with Crippen molar-refractivity contribution < 1.29 is 41.8 Å². The Hall–Kier alpha value is -6.10. The lowest BCUT2D eigenvalue weighted by Crippen LogP contribution is -2.54. The normalized spacial score (nSPS) is 20.0. The second-order valence-corrected chi connectivity index (χ2v) is 17.7. The third-order valence-corrected chi connectivity index (χ3v) is 12.2. The zero-order valence-electron chi connectivity index (χ0n) is 36.0. The van der Waals surface area contributed by atoms with Crippen molar-refractivity contribution >= 4 is 46.9 Å². The van der Waals surface area contributed by atoms with Crippen molar-refractivity contribution in [1.82, 2.24) is 30.1 Å². The Morgan fingerprint density at radius 3 is 2.33 bits per heavy atom. The lowest BCUT2D eigenvalue weighted by atomic mass is 10.0. The van der Waals surface area contributed by atoms with Crippen molar-refractivity contribution in [2.24, 2.45) is 17.3 Å². The highest BCUT2D eigenvalue weighted by Gasteiger charge is 2.52. The number of anilines is 2. The van der Waals surface area contributed by atoms with Gasteiger partial charge in [-0.05, 0) is 55.4 Å². The number of methoxy groups -OCH3 is 1. The Morgan fingerprint density at radius 1 is 1.03 bits per heavy atom. The minimum Gasteiger partial charge on any atom is -0.453 e. The van der Waals surface area contributed by atoms with Crippen molar-refractivity contribution in [2.75, 3.05) is 43.5 Å². The summed E-state index contributed by atoms with van der Waals surface area (Å²) in [5, 5.41) is 5.18. The van der Waals surface area contributed by atoms with Crippen LogP contribution in [0.5, 0.6) is 5.75 Å². The first-order chi connectivity index (χ1) is 29.7. The van der Waals surface area contributed by atoms with Gasteiger partial charge >= 0.3 is 12.5 Å². The van der Waals surface area contributed by atoms with Crippen LogP contribution in [0.4, 0.5) is 29.5 Å². The molecule has 4 amide bonds. The fourth-order valence-electron chi connectivity index (χ4n) is 8.13. The maximum atomic E-state index is 13.8. The fourth-order valence-corrected chi connectivity index (χ4v) is 8.34. The number of amides is 4. The Kier molecular flexibility index (Phi) is 12.5. The first-order valence-electron chi connectivity index (χ1n) is 20.6. The molecule has 14 nitrogen and oxygen atoms in total. The Labute approximate surface area is 368 Å². The van der Waals surface area contributed by atoms with Crippen molar-refractivity contribution in [3.63, 3.8) is 0 Å². The number of piperazine rings is 1. The molecule has 2 aromatic heterocycles. The summed E-state index contributed by atoms with van der Waals surface area (Å²) in [6.07, 6.45) is 0.0784. The number of nitrogens with one attached hydrogen (secondary N) is 3. The van der Waals surface area contributed by atoms with E-state index in [0.717, 1.165) is 18.1 Å². The van der Waals surface area contributed by atoms with E-state index in [0.29, 0.717) is 54.6 Å². The number of carbonyl (C=O) groups is 4. The molecule has 2 aliphatic heterocycles. The predicted octanol–water partition coefficient (Wildman–Crippen LogP) is 8.24. The fraction of sp³-hybridized carbons (Fsp3) is 0.422. The van der Waals surface area contributed by atoms with Crippen LogP contribution in [-0.2, 0) is 14.3 Å². The molecule has 0 bridgehead atoms. The van der Waals surface area contributed by atoms with Gasteiger partial charge in [-0.15, -0.1) is 13.2 Å². The van der Waals surface area contributed by atoms with Gasteiger partial charge in [0, 0.05) is 67.7 Å². The molecule has 4 atom stereocenters. The number of aromatic amines is 1. The predicted molar refractivity (Wildman–Crippen MR) is 231 cm³/mol. The number of rotatable bonds is 11. The summed E-state index contributed by atoms with van der Waals surface area (Å²) < 4.78 is 50.5. The van der Waals surface area contributed by atoms with Crippen molar-refractivity contribution in [3.05, 3.63) is 89.0 Å². The smallest absolute Gasteiger partial charge is 0.453 e. The van der Waals surface area contributed by atoms with E-state index in [9.17, 15) is 32.3 Å². The molecule has 1 aliphatic carbocycles. The van der Waals surface area contributed by atoms with Crippen LogP contribution in [0.1, 0.15) is 70.2 Å². The number of alkyl halides is 3. The molecule has 3 N–H and O–H groups in total. The quantitative estimate of drug-likeness (QED) is 0.126. The van der Waals surface area contributed by atoms with Crippen LogP contribution in [-0.4, -0.2) is 100 Å². The summed E-state index contributed by atoms with van der Waals surface area (Å²) in [5.74, 6) is -0.398. The van der Waals surface area contributed by atoms with Crippen LogP contribution in [0.2, 0.25) is 5.02 Å². The third kappa shape index (κ3) is 9.93. The molecule has 1 saturated heterocycles. The molecular formula is C45H50ClF3N8O6. The van der Waals surface area contributed by atoms with Gasteiger partial charge in [0.1, 0.15) is 29.5 Å². The summed E-state index contributed by atoms with van der Waals surface area (Å²) >= 11 is 6.60. The first kappa shape index (κ1) is 44.9. The molecule has 1 saturated carbocycles. The molecule has 0 spiro atoms. The summed E-state index contributed by atoms with van der Waals surface area (Å²) in [5.41, 5.74) is 2.54. The van der Waals surface area contributed by atoms with Crippen molar-refractivity contribution in [2.45, 2.75) is 72.5 Å². The number of carbonyl (C=O) groups excluding carboxylic acids is 4. The van der Waals surface area contributed by atoms with Crippen molar-refractivity contribution in [1.29, 1.82) is 0 Å². The number of alkyl carbamates (subject to hydrolysis) is 1. The molecule has 334 valence electrons. The van der Waals surface area contributed by atoms with E-state index in [-0.39, 0.29) is 56.9 Å². The molecule has 4 heterocycles. The second kappa shape index (κ2) is 17.6. The average Bonchev–Trinajstić information content (AvgIpc) is 3.52. The largest absolute Gasteiger partial charge is 0.573 e. The maximum Gasteiger partial charge on any atom is 0.573 e. The molecule has 63 heavy (non-hydrogen) atoms. The van der Waals surface area contributed by atoms with Gasteiger partial charge in [0.15, 0.2) is 0 Å². The number of aromatic nitrogens is 3. The summed E-state index contributed by atoms with van der Waals surface area (Å²) in [6, 6.07) is 10.7. The molecular weight excluding hydrogens is 841 g/mol. The molecule has 2 fully saturated rings. The number of H-pyrrole nitrogens is 1. The minimum atomic E-state index is -5.06. The van der Waals surface area contributed by atoms with Crippen LogP contribution in [0.3, 0.4) is 0 Å².